The van der Waals surface area contributed by atoms with Crippen LogP contribution in [0.1, 0.15) is 25.7 Å². The molecule has 1 heterocycles. The summed E-state index contributed by atoms with van der Waals surface area (Å²) in [5, 5.41) is 8.20. The average Bonchev–Trinajstić information content (AvgIpc) is 2.66. The highest BCUT2D eigenvalue weighted by Crippen LogP contribution is 2.22. The molecule has 7 heteroatoms. The van der Waals surface area contributed by atoms with Crippen molar-refractivity contribution in [2.45, 2.75) is 30.9 Å². The smallest absolute Gasteiger partial charge is 0.319 e. The van der Waals surface area contributed by atoms with E-state index in [1.165, 1.54) is 12.4 Å². The molecular weight excluding hydrogens is 238 g/mol. The first-order chi connectivity index (χ1) is 7.56. The first-order valence-electron chi connectivity index (χ1n) is 4.70. The second-order valence-electron chi connectivity index (χ2n) is 3.07. The highest BCUT2D eigenvalue weighted by Gasteiger charge is 2.18. The van der Waals surface area contributed by atoms with Crippen molar-refractivity contribution in [3.63, 3.8) is 0 Å². The van der Waals surface area contributed by atoms with Crippen molar-refractivity contribution >= 4 is 17.7 Å². The lowest BCUT2D eigenvalue weighted by Crippen LogP contribution is -2.15. The predicted molar refractivity (Wildman–Crippen MR) is 56.5 cm³/mol. The van der Waals surface area contributed by atoms with Gasteiger partial charge in [0.25, 0.3) is 0 Å². The largest absolute Gasteiger partial charge is 0.480 e. The second-order valence-corrected chi connectivity index (χ2v) is 4.27. The number of hydrogen-bond acceptors (Lipinski definition) is 3. The number of thioether (sulfide) groups is 1. The molecule has 90 valence electrons. The van der Waals surface area contributed by atoms with Gasteiger partial charge >= 0.3 is 12.5 Å². The second kappa shape index (κ2) is 5.83. The van der Waals surface area contributed by atoms with Gasteiger partial charge in [-0.3, -0.25) is 9.36 Å². The van der Waals surface area contributed by atoms with Crippen molar-refractivity contribution in [2.75, 3.05) is 0 Å². The molecule has 0 bridgehead atoms. The third kappa shape index (κ3) is 3.19. The highest BCUT2D eigenvalue weighted by molar-refractivity contribution is 7.99. The van der Waals surface area contributed by atoms with Crippen LogP contribution < -0.4 is 0 Å². The molecule has 0 saturated carbocycles. The summed E-state index contributed by atoms with van der Waals surface area (Å²) in [4.78, 5) is 14.5. The monoisotopic (exact) mass is 250 g/mol. The van der Waals surface area contributed by atoms with Crippen LogP contribution in [0.5, 0.6) is 0 Å². The standard InChI is InChI=1S/C9H12F2N2O2S/c1-2-6(8(14)15)16-5-7-12-3-4-13(7)9(10)11/h3-4,6,9H,2,5H2,1H3,(H,14,15). The minimum absolute atomic E-state index is 0.169. The first kappa shape index (κ1) is 13.0. The van der Waals surface area contributed by atoms with Crippen LogP contribution in [0.3, 0.4) is 0 Å². The maximum atomic E-state index is 12.4. The molecule has 1 N–H and O–H groups in total. The fourth-order valence-electron chi connectivity index (χ4n) is 1.17. The minimum Gasteiger partial charge on any atom is -0.480 e. The summed E-state index contributed by atoms with van der Waals surface area (Å²) >= 11 is 1.10. The summed E-state index contributed by atoms with van der Waals surface area (Å²) in [7, 11) is 0. The van der Waals surface area contributed by atoms with Gasteiger partial charge in [-0.2, -0.15) is 8.78 Å². The maximum Gasteiger partial charge on any atom is 0.319 e. The van der Waals surface area contributed by atoms with Crippen LogP contribution in [0.4, 0.5) is 8.78 Å². The van der Waals surface area contributed by atoms with Gasteiger partial charge < -0.3 is 5.11 Å². The maximum absolute atomic E-state index is 12.4. The molecular formula is C9H12F2N2O2S. The molecule has 1 rings (SSSR count). The molecule has 0 radical (unpaired) electrons. The van der Waals surface area contributed by atoms with Crippen LogP contribution in [0.2, 0.25) is 0 Å². The van der Waals surface area contributed by atoms with Crippen molar-refractivity contribution < 1.29 is 18.7 Å². The molecule has 0 aliphatic heterocycles. The number of carboxylic acids is 1. The van der Waals surface area contributed by atoms with E-state index in [-0.39, 0.29) is 11.6 Å². The Kier molecular flexibility index (Phi) is 4.72. The van der Waals surface area contributed by atoms with Crippen LogP contribution in [0.15, 0.2) is 12.4 Å². The van der Waals surface area contributed by atoms with E-state index in [9.17, 15) is 13.6 Å². The van der Waals surface area contributed by atoms with Crippen LogP contribution in [0, 0.1) is 0 Å². The molecule has 0 saturated heterocycles. The van der Waals surface area contributed by atoms with Crippen molar-refractivity contribution in [2.24, 2.45) is 0 Å². The fraction of sp³-hybridized carbons (Fsp3) is 0.556. The Balaban J connectivity index is 2.60. The number of nitrogens with zero attached hydrogens (tertiary/aromatic N) is 2. The molecule has 0 aromatic carbocycles. The Morgan fingerprint density at radius 2 is 2.38 bits per heavy atom. The Morgan fingerprint density at radius 3 is 2.88 bits per heavy atom. The van der Waals surface area contributed by atoms with E-state index in [0.717, 1.165) is 16.3 Å². The van der Waals surface area contributed by atoms with Gasteiger partial charge in [-0.1, -0.05) is 6.92 Å². The summed E-state index contributed by atoms with van der Waals surface area (Å²) in [5.41, 5.74) is 0. The Labute approximate surface area is 95.7 Å². The molecule has 0 aliphatic rings. The molecule has 1 atom stereocenters. The van der Waals surface area contributed by atoms with Crippen LogP contribution in [0.25, 0.3) is 0 Å². The van der Waals surface area contributed by atoms with Gasteiger partial charge in [-0.15, -0.1) is 11.8 Å². The highest BCUT2D eigenvalue weighted by atomic mass is 32.2. The lowest BCUT2D eigenvalue weighted by Gasteiger charge is -2.10. The van der Waals surface area contributed by atoms with Gasteiger partial charge in [0.2, 0.25) is 0 Å². The van der Waals surface area contributed by atoms with E-state index < -0.39 is 17.8 Å². The first-order valence-corrected chi connectivity index (χ1v) is 5.75. The van der Waals surface area contributed by atoms with Crippen molar-refractivity contribution in [1.29, 1.82) is 0 Å². The van der Waals surface area contributed by atoms with Gasteiger partial charge in [0.15, 0.2) is 0 Å². The number of alkyl halides is 2. The van der Waals surface area contributed by atoms with E-state index in [2.05, 4.69) is 4.98 Å². The Hall–Kier alpha value is -1.11. The van der Waals surface area contributed by atoms with Crippen LogP contribution in [-0.2, 0) is 10.5 Å². The third-order valence-corrected chi connectivity index (χ3v) is 3.38. The zero-order valence-corrected chi connectivity index (χ0v) is 9.45. The summed E-state index contributed by atoms with van der Waals surface area (Å²) in [6.07, 6.45) is 2.92. The quantitative estimate of drug-likeness (QED) is 0.842. The number of aliphatic carboxylic acids is 1. The van der Waals surface area contributed by atoms with Crippen molar-refractivity contribution in [3.05, 3.63) is 18.2 Å². The lowest BCUT2D eigenvalue weighted by atomic mass is 10.3. The van der Waals surface area contributed by atoms with E-state index in [1.54, 1.807) is 6.92 Å². The topological polar surface area (TPSA) is 55.1 Å². The third-order valence-electron chi connectivity index (χ3n) is 2.02. The molecule has 0 amide bonds. The molecule has 4 nitrogen and oxygen atoms in total. The predicted octanol–water partition coefficient (Wildman–Crippen LogP) is 2.37. The Bertz CT molecular complexity index is 357. The van der Waals surface area contributed by atoms with Gasteiger partial charge in [0.1, 0.15) is 11.1 Å². The van der Waals surface area contributed by atoms with E-state index in [1.807, 2.05) is 0 Å². The molecule has 1 aromatic rings. The van der Waals surface area contributed by atoms with Crippen LogP contribution in [-0.4, -0.2) is 25.9 Å². The Morgan fingerprint density at radius 1 is 1.69 bits per heavy atom. The summed E-state index contributed by atoms with van der Waals surface area (Å²) in [6.45, 7) is -0.895. The van der Waals surface area contributed by atoms with Gasteiger partial charge in [0.05, 0.1) is 5.75 Å². The number of hydrogen-bond donors (Lipinski definition) is 1. The van der Waals surface area contributed by atoms with E-state index in [0.29, 0.717) is 6.42 Å². The van der Waals surface area contributed by atoms with Crippen molar-refractivity contribution in [1.82, 2.24) is 9.55 Å². The SMILES string of the molecule is CCC(SCc1nccn1C(F)F)C(=O)O. The van der Waals surface area contributed by atoms with Crippen molar-refractivity contribution in [3.8, 4) is 0 Å². The zero-order valence-electron chi connectivity index (χ0n) is 8.64. The molecule has 0 aliphatic carbocycles. The van der Waals surface area contributed by atoms with Crippen LogP contribution >= 0.6 is 11.8 Å². The number of imidazole rings is 1. The normalized spacial score (nSPS) is 13.0. The molecule has 1 unspecified atom stereocenters. The number of carboxylic acid groups (broad SMARTS) is 1. The number of halogens is 2. The fourth-order valence-corrected chi connectivity index (χ4v) is 2.12. The number of carbonyl (C=O) groups is 1. The zero-order chi connectivity index (χ0) is 12.1. The number of rotatable bonds is 6. The van der Waals surface area contributed by atoms with E-state index >= 15 is 0 Å². The number of aromatic nitrogens is 2. The van der Waals surface area contributed by atoms with Gasteiger partial charge in [0, 0.05) is 12.4 Å². The lowest BCUT2D eigenvalue weighted by molar-refractivity contribution is -0.136. The molecule has 0 spiro atoms. The summed E-state index contributed by atoms with van der Waals surface area (Å²) < 4.78 is 25.6. The van der Waals surface area contributed by atoms with E-state index in [4.69, 9.17) is 5.11 Å². The average molecular weight is 250 g/mol. The molecule has 1 aromatic heterocycles. The summed E-state index contributed by atoms with van der Waals surface area (Å²) in [5.74, 6) is -0.565. The minimum atomic E-state index is -2.64. The molecule has 0 fully saturated rings. The van der Waals surface area contributed by atoms with Gasteiger partial charge in [-0.05, 0) is 6.42 Å². The molecule has 16 heavy (non-hydrogen) atoms. The van der Waals surface area contributed by atoms with Gasteiger partial charge in [-0.25, -0.2) is 4.98 Å². The summed E-state index contributed by atoms with van der Waals surface area (Å²) in [6, 6.07) is 0.